The molecule has 0 bridgehead atoms. The Hall–Kier alpha value is -0.980. The van der Waals surface area contributed by atoms with Crippen molar-refractivity contribution in [2.24, 2.45) is 0 Å². The fourth-order valence-corrected chi connectivity index (χ4v) is 2.99. The first-order chi connectivity index (χ1) is 7.42. The molecule has 0 fully saturated rings. The number of hydrogen-bond donors (Lipinski definition) is 1. The van der Waals surface area contributed by atoms with Gasteiger partial charge in [-0.3, -0.25) is 0 Å². The molecule has 0 radical (unpaired) electrons. The van der Waals surface area contributed by atoms with Gasteiger partial charge >= 0.3 is 0 Å². The van der Waals surface area contributed by atoms with Crippen LogP contribution in [0.15, 0.2) is 12.1 Å². The Balaban J connectivity index is 2.67. The molecule has 2 rings (SSSR count). The largest absolute Gasteiger partial charge is 0.508 e. The minimum atomic E-state index is 0.198. The summed E-state index contributed by atoms with van der Waals surface area (Å²) in [6.07, 6.45) is 3.65. The minimum absolute atomic E-state index is 0.198. The van der Waals surface area contributed by atoms with E-state index in [1.807, 2.05) is 6.07 Å². The number of benzene rings is 1. The summed E-state index contributed by atoms with van der Waals surface area (Å²) in [7, 11) is 0. The van der Waals surface area contributed by atoms with Gasteiger partial charge in [-0.15, -0.1) is 0 Å². The highest BCUT2D eigenvalue weighted by Gasteiger charge is 2.30. The number of phenols is 1. The van der Waals surface area contributed by atoms with Crippen LogP contribution in [0.4, 0.5) is 0 Å². The van der Waals surface area contributed by atoms with Gasteiger partial charge in [-0.2, -0.15) is 0 Å². The lowest BCUT2D eigenvalue weighted by Gasteiger charge is -2.27. The maximum Gasteiger partial charge on any atom is 0.119 e. The minimum Gasteiger partial charge on any atom is -0.508 e. The van der Waals surface area contributed by atoms with Gasteiger partial charge in [0.2, 0.25) is 0 Å². The van der Waals surface area contributed by atoms with Crippen molar-refractivity contribution in [3.05, 3.63) is 28.8 Å². The molecule has 1 N–H and O–H groups in total. The van der Waals surface area contributed by atoms with Gasteiger partial charge in [0, 0.05) is 5.56 Å². The molecule has 0 amide bonds. The van der Waals surface area contributed by atoms with Gasteiger partial charge in [0.05, 0.1) is 0 Å². The quantitative estimate of drug-likeness (QED) is 0.645. The van der Waals surface area contributed by atoms with Crippen molar-refractivity contribution in [2.45, 2.75) is 58.3 Å². The summed E-state index contributed by atoms with van der Waals surface area (Å²) in [5.74, 6) is 0.981. The van der Waals surface area contributed by atoms with Gasteiger partial charge in [-0.1, -0.05) is 33.3 Å². The molecule has 1 aliphatic rings. The number of aryl methyl sites for hydroxylation is 1. The third-order valence-corrected chi connectivity index (χ3v) is 3.96. The maximum atomic E-state index is 10.2. The second kappa shape index (κ2) is 3.80. The number of aromatic hydroxyl groups is 1. The van der Waals surface area contributed by atoms with Gasteiger partial charge < -0.3 is 5.11 Å². The Bertz CT molecular complexity index is 404. The average molecular weight is 218 g/mol. The van der Waals surface area contributed by atoms with Gasteiger partial charge in [0.15, 0.2) is 0 Å². The Kier molecular flexibility index (Phi) is 2.73. The lowest BCUT2D eigenvalue weighted by Crippen LogP contribution is -2.17. The van der Waals surface area contributed by atoms with E-state index in [1.54, 1.807) is 0 Å². The normalized spacial score (nSPS) is 23.6. The van der Waals surface area contributed by atoms with Crippen molar-refractivity contribution in [3.8, 4) is 5.75 Å². The molecule has 0 aliphatic heterocycles. The monoisotopic (exact) mass is 218 g/mol. The molecule has 0 unspecified atom stereocenters. The number of hydrogen-bond acceptors (Lipinski definition) is 1. The van der Waals surface area contributed by atoms with Crippen LogP contribution < -0.4 is 0 Å². The van der Waals surface area contributed by atoms with Crippen LogP contribution in [0.5, 0.6) is 5.75 Å². The molecule has 0 saturated heterocycles. The molecular formula is C15H22O. The molecule has 0 heterocycles. The first-order valence-corrected chi connectivity index (χ1v) is 6.26. The molecule has 0 aromatic heterocycles. The van der Waals surface area contributed by atoms with E-state index in [2.05, 4.69) is 33.8 Å². The van der Waals surface area contributed by atoms with E-state index in [9.17, 15) is 5.11 Å². The van der Waals surface area contributed by atoms with Crippen LogP contribution in [0.3, 0.4) is 0 Å². The summed E-state index contributed by atoms with van der Waals surface area (Å²) in [6.45, 7) is 8.88. The highest BCUT2D eigenvalue weighted by Crippen LogP contribution is 2.44. The van der Waals surface area contributed by atoms with E-state index in [-0.39, 0.29) is 5.41 Å². The van der Waals surface area contributed by atoms with Crippen LogP contribution in [0.2, 0.25) is 0 Å². The lowest BCUT2D eigenvalue weighted by atomic mass is 9.78. The van der Waals surface area contributed by atoms with Crippen LogP contribution in [-0.4, -0.2) is 5.11 Å². The van der Waals surface area contributed by atoms with Crippen LogP contribution in [0.25, 0.3) is 0 Å². The summed E-state index contributed by atoms with van der Waals surface area (Å²) in [5, 5.41) is 10.2. The van der Waals surface area contributed by atoms with Crippen LogP contribution >= 0.6 is 0 Å². The average Bonchev–Trinajstić information content (AvgIpc) is 2.25. The van der Waals surface area contributed by atoms with E-state index < -0.39 is 0 Å². The Labute approximate surface area is 98.5 Å². The molecule has 1 heteroatoms. The zero-order chi connectivity index (χ0) is 11.9. The molecule has 0 saturated carbocycles. The lowest BCUT2D eigenvalue weighted by molar-refractivity contribution is 0.455. The molecule has 1 atom stereocenters. The van der Waals surface area contributed by atoms with Gasteiger partial charge in [0.25, 0.3) is 0 Å². The number of fused-ring (bicyclic) bond motifs is 1. The van der Waals surface area contributed by atoms with E-state index in [0.717, 1.165) is 0 Å². The van der Waals surface area contributed by atoms with Crippen LogP contribution in [0.1, 0.15) is 62.6 Å². The standard InChI is InChI=1S/C15H22O/c1-10-8-12-14(13(16)9-10)11(2)6-5-7-15(12,3)4/h8-9,11,16H,5-7H2,1-4H3/t11-/m0/s1. The summed E-state index contributed by atoms with van der Waals surface area (Å²) in [6, 6.07) is 4.16. The van der Waals surface area contributed by atoms with Crippen molar-refractivity contribution in [2.75, 3.05) is 0 Å². The predicted octanol–water partition coefficient (Wildman–Crippen LogP) is 4.27. The summed E-state index contributed by atoms with van der Waals surface area (Å²) in [4.78, 5) is 0. The van der Waals surface area contributed by atoms with E-state index in [0.29, 0.717) is 11.7 Å². The SMILES string of the molecule is Cc1cc(O)c2c(c1)C(C)(C)CCC[C@@H]2C. The van der Waals surface area contributed by atoms with Gasteiger partial charge in [0.1, 0.15) is 5.75 Å². The molecule has 1 aromatic carbocycles. The Morgan fingerprint density at radius 1 is 1.31 bits per heavy atom. The molecule has 16 heavy (non-hydrogen) atoms. The van der Waals surface area contributed by atoms with Crippen molar-refractivity contribution in [1.82, 2.24) is 0 Å². The van der Waals surface area contributed by atoms with Gasteiger partial charge in [-0.25, -0.2) is 0 Å². The third kappa shape index (κ3) is 1.83. The summed E-state index contributed by atoms with van der Waals surface area (Å²) >= 11 is 0. The Morgan fingerprint density at radius 2 is 2.00 bits per heavy atom. The zero-order valence-corrected chi connectivity index (χ0v) is 10.8. The van der Waals surface area contributed by atoms with Crippen molar-refractivity contribution >= 4 is 0 Å². The molecule has 1 nitrogen and oxygen atoms in total. The van der Waals surface area contributed by atoms with Gasteiger partial charge in [-0.05, 0) is 48.3 Å². The second-order valence-corrected chi connectivity index (χ2v) is 5.92. The van der Waals surface area contributed by atoms with Crippen molar-refractivity contribution in [1.29, 1.82) is 0 Å². The first kappa shape index (κ1) is 11.5. The zero-order valence-electron chi connectivity index (χ0n) is 10.8. The third-order valence-electron chi connectivity index (χ3n) is 3.96. The highest BCUT2D eigenvalue weighted by atomic mass is 16.3. The van der Waals surface area contributed by atoms with E-state index >= 15 is 0 Å². The number of rotatable bonds is 0. The molecule has 88 valence electrons. The topological polar surface area (TPSA) is 20.2 Å². The molecule has 0 spiro atoms. The van der Waals surface area contributed by atoms with Crippen LogP contribution in [-0.2, 0) is 5.41 Å². The fraction of sp³-hybridized carbons (Fsp3) is 0.600. The summed E-state index contributed by atoms with van der Waals surface area (Å²) in [5.41, 5.74) is 3.91. The predicted molar refractivity (Wildman–Crippen MR) is 68.1 cm³/mol. The number of phenolic OH excluding ortho intramolecular Hbond substituents is 1. The molecule has 1 aromatic rings. The first-order valence-electron chi connectivity index (χ1n) is 6.26. The van der Waals surface area contributed by atoms with E-state index in [1.165, 1.54) is 36.0 Å². The summed E-state index contributed by atoms with van der Waals surface area (Å²) < 4.78 is 0. The molecule has 1 aliphatic carbocycles. The van der Waals surface area contributed by atoms with Crippen molar-refractivity contribution < 1.29 is 5.11 Å². The Morgan fingerprint density at radius 3 is 2.69 bits per heavy atom. The second-order valence-electron chi connectivity index (χ2n) is 5.92. The fourth-order valence-electron chi connectivity index (χ4n) is 2.99. The van der Waals surface area contributed by atoms with Crippen LogP contribution in [0, 0.1) is 6.92 Å². The van der Waals surface area contributed by atoms with E-state index in [4.69, 9.17) is 0 Å². The van der Waals surface area contributed by atoms with Crippen molar-refractivity contribution in [3.63, 3.8) is 0 Å². The maximum absolute atomic E-state index is 10.2. The highest BCUT2D eigenvalue weighted by molar-refractivity contribution is 5.48. The molecular weight excluding hydrogens is 196 g/mol. The smallest absolute Gasteiger partial charge is 0.119 e.